The van der Waals surface area contributed by atoms with Crippen molar-refractivity contribution in [2.24, 2.45) is 0 Å². The van der Waals surface area contributed by atoms with E-state index in [1.807, 2.05) is 36.4 Å². The number of carbonyl (C=O) groups is 1. The molecular weight excluding hydrogens is 356 g/mol. The third kappa shape index (κ3) is 3.68. The van der Waals surface area contributed by atoms with Gasteiger partial charge in [-0.25, -0.2) is 4.98 Å². The Morgan fingerprint density at radius 2 is 1.85 bits per heavy atom. The number of hydrogen-bond acceptors (Lipinski definition) is 4. The lowest BCUT2D eigenvalue weighted by molar-refractivity contribution is 0.102. The van der Waals surface area contributed by atoms with Crippen LogP contribution in [0.25, 0.3) is 20.8 Å². The highest BCUT2D eigenvalue weighted by Gasteiger charge is 2.09. The van der Waals surface area contributed by atoms with Crippen LogP contribution in [0.3, 0.4) is 0 Å². The maximum Gasteiger partial charge on any atom is 0.255 e. The SMILES string of the molecule is COc1cccc(C(=O)Nc2ccc(-c3nc4ccc(C)cc4s3)cc2)c1. The van der Waals surface area contributed by atoms with Crippen LogP contribution in [0, 0.1) is 6.92 Å². The minimum atomic E-state index is -0.169. The van der Waals surface area contributed by atoms with E-state index < -0.39 is 0 Å². The molecule has 0 saturated heterocycles. The first kappa shape index (κ1) is 17.2. The summed E-state index contributed by atoms with van der Waals surface area (Å²) in [6.07, 6.45) is 0. The summed E-state index contributed by atoms with van der Waals surface area (Å²) < 4.78 is 6.35. The van der Waals surface area contributed by atoms with Gasteiger partial charge in [0.15, 0.2) is 0 Å². The van der Waals surface area contributed by atoms with Gasteiger partial charge < -0.3 is 10.1 Å². The van der Waals surface area contributed by atoms with Gasteiger partial charge in [-0.3, -0.25) is 4.79 Å². The van der Waals surface area contributed by atoms with Crippen molar-refractivity contribution in [2.75, 3.05) is 12.4 Å². The van der Waals surface area contributed by atoms with Crippen molar-refractivity contribution >= 4 is 33.1 Å². The molecule has 0 radical (unpaired) electrons. The smallest absolute Gasteiger partial charge is 0.255 e. The molecule has 134 valence electrons. The number of amides is 1. The number of benzene rings is 3. The molecule has 5 heteroatoms. The number of nitrogens with zero attached hydrogens (tertiary/aromatic N) is 1. The Balaban J connectivity index is 1.53. The number of ether oxygens (including phenoxy) is 1. The number of anilines is 1. The van der Waals surface area contributed by atoms with Crippen molar-refractivity contribution in [2.45, 2.75) is 6.92 Å². The lowest BCUT2D eigenvalue weighted by atomic mass is 10.1. The number of nitrogens with one attached hydrogen (secondary N) is 1. The van der Waals surface area contributed by atoms with E-state index in [2.05, 4.69) is 24.4 Å². The number of hydrogen-bond donors (Lipinski definition) is 1. The summed E-state index contributed by atoms with van der Waals surface area (Å²) in [5.41, 5.74) is 4.57. The van der Waals surface area contributed by atoms with Gasteiger partial charge in [0.1, 0.15) is 10.8 Å². The largest absolute Gasteiger partial charge is 0.497 e. The normalized spacial score (nSPS) is 10.7. The second-order valence-electron chi connectivity index (χ2n) is 6.25. The second-order valence-corrected chi connectivity index (χ2v) is 7.28. The molecule has 0 spiro atoms. The van der Waals surface area contributed by atoms with Crippen LogP contribution in [0.5, 0.6) is 5.75 Å². The van der Waals surface area contributed by atoms with E-state index in [9.17, 15) is 4.79 Å². The lowest BCUT2D eigenvalue weighted by Gasteiger charge is -2.07. The molecule has 4 rings (SSSR count). The molecule has 1 amide bonds. The summed E-state index contributed by atoms with van der Waals surface area (Å²) in [6, 6.07) is 21.1. The Morgan fingerprint density at radius 3 is 2.63 bits per heavy atom. The monoisotopic (exact) mass is 374 g/mol. The lowest BCUT2D eigenvalue weighted by Crippen LogP contribution is -2.11. The molecule has 0 fully saturated rings. The van der Waals surface area contributed by atoms with Gasteiger partial charge in [-0.15, -0.1) is 11.3 Å². The molecule has 27 heavy (non-hydrogen) atoms. The standard InChI is InChI=1S/C22H18N2O2S/c1-14-6-11-19-20(12-14)27-22(24-19)15-7-9-17(10-8-15)23-21(25)16-4-3-5-18(13-16)26-2/h3-13H,1-2H3,(H,23,25). The van der Waals surface area contributed by atoms with Gasteiger partial charge in [-0.05, 0) is 67.1 Å². The molecule has 4 aromatic rings. The number of methoxy groups -OCH3 is 1. The predicted molar refractivity (Wildman–Crippen MR) is 111 cm³/mol. The summed E-state index contributed by atoms with van der Waals surface area (Å²) in [7, 11) is 1.58. The summed E-state index contributed by atoms with van der Waals surface area (Å²) in [5.74, 6) is 0.487. The number of aryl methyl sites for hydroxylation is 1. The van der Waals surface area contributed by atoms with E-state index in [4.69, 9.17) is 9.72 Å². The van der Waals surface area contributed by atoms with E-state index >= 15 is 0 Å². The van der Waals surface area contributed by atoms with Crippen molar-refractivity contribution in [3.05, 3.63) is 77.9 Å². The zero-order valence-corrected chi connectivity index (χ0v) is 15.8. The Morgan fingerprint density at radius 1 is 1.04 bits per heavy atom. The fourth-order valence-corrected chi connectivity index (χ4v) is 3.89. The third-order valence-corrected chi connectivity index (χ3v) is 5.33. The van der Waals surface area contributed by atoms with Crippen LogP contribution in [0.1, 0.15) is 15.9 Å². The predicted octanol–water partition coefficient (Wildman–Crippen LogP) is 5.53. The van der Waals surface area contributed by atoms with Gasteiger partial charge in [0.2, 0.25) is 0 Å². The molecule has 0 aliphatic heterocycles. The average molecular weight is 374 g/mol. The van der Waals surface area contributed by atoms with Gasteiger partial charge >= 0.3 is 0 Å². The van der Waals surface area contributed by atoms with E-state index in [0.717, 1.165) is 21.8 Å². The number of fused-ring (bicyclic) bond motifs is 1. The average Bonchev–Trinajstić information content (AvgIpc) is 3.11. The highest BCUT2D eigenvalue weighted by molar-refractivity contribution is 7.21. The van der Waals surface area contributed by atoms with Crippen molar-refractivity contribution in [1.82, 2.24) is 4.98 Å². The summed E-state index contributed by atoms with van der Waals surface area (Å²) in [6.45, 7) is 2.08. The fourth-order valence-electron chi connectivity index (χ4n) is 2.82. The number of thiazole rings is 1. The maximum atomic E-state index is 12.4. The first-order valence-corrected chi connectivity index (χ1v) is 9.37. The Bertz CT molecular complexity index is 1120. The summed E-state index contributed by atoms with van der Waals surface area (Å²) in [4.78, 5) is 17.1. The van der Waals surface area contributed by atoms with Gasteiger partial charge in [0, 0.05) is 16.8 Å². The first-order valence-electron chi connectivity index (χ1n) is 8.55. The van der Waals surface area contributed by atoms with Crippen LogP contribution in [0.4, 0.5) is 5.69 Å². The van der Waals surface area contributed by atoms with E-state index in [1.165, 1.54) is 10.3 Å². The molecule has 1 aromatic heterocycles. The molecule has 0 atom stereocenters. The minimum Gasteiger partial charge on any atom is -0.497 e. The number of rotatable bonds is 4. The molecule has 0 saturated carbocycles. The van der Waals surface area contributed by atoms with Crippen LogP contribution in [-0.4, -0.2) is 18.0 Å². The third-order valence-electron chi connectivity index (χ3n) is 4.27. The zero-order chi connectivity index (χ0) is 18.8. The highest BCUT2D eigenvalue weighted by atomic mass is 32.1. The molecule has 4 nitrogen and oxygen atoms in total. The van der Waals surface area contributed by atoms with E-state index in [0.29, 0.717) is 11.3 Å². The van der Waals surface area contributed by atoms with Crippen molar-refractivity contribution in [1.29, 1.82) is 0 Å². The quantitative estimate of drug-likeness (QED) is 0.511. The second kappa shape index (κ2) is 7.21. The van der Waals surface area contributed by atoms with E-state index in [1.54, 1.807) is 36.6 Å². The van der Waals surface area contributed by atoms with Gasteiger partial charge in [-0.1, -0.05) is 12.1 Å². The molecule has 0 unspecified atom stereocenters. The molecule has 3 aromatic carbocycles. The van der Waals surface area contributed by atoms with Gasteiger partial charge in [-0.2, -0.15) is 0 Å². The topological polar surface area (TPSA) is 51.2 Å². The van der Waals surface area contributed by atoms with Gasteiger partial charge in [0.05, 0.1) is 17.3 Å². The van der Waals surface area contributed by atoms with Crippen LogP contribution < -0.4 is 10.1 Å². The molecule has 0 aliphatic rings. The first-order chi connectivity index (χ1) is 13.1. The zero-order valence-electron chi connectivity index (χ0n) is 15.0. The molecule has 1 heterocycles. The molecule has 0 bridgehead atoms. The van der Waals surface area contributed by atoms with Crippen molar-refractivity contribution < 1.29 is 9.53 Å². The number of carbonyl (C=O) groups excluding carboxylic acids is 1. The van der Waals surface area contributed by atoms with E-state index in [-0.39, 0.29) is 5.91 Å². The van der Waals surface area contributed by atoms with Crippen molar-refractivity contribution in [3.8, 4) is 16.3 Å². The molecular formula is C22H18N2O2S. The Kier molecular flexibility index (Phi) is 4.60. The van der Waals surface area contributed by atoms with Crippen molar-refractivity contribution in [3.63, 3.8) is 0 Å². The summed E-state index contributed by atoms with van der Waals surface area (Å²) >= 11 is 1.67. The Hall–Kier alpha value is -3.18. The highest BCUT2D eigenvalue weighted by Crippen LogP contribution is 2.31. The maximum absolute atomic E-state index is 12.4. The van der Waals surface area contributed by atoms with Crippen LogP contribution >= 0.6 is 11.3 Å². The Labute approximate surface area is 161 Å². The van der Waals surface area contributed by atoms with Crippen LogP contribution in [0.2, 0.25) is 0 Å². The van der Waals surface area contributed by atoms with Crippen LogP contribution in [-0.2, 0) is 0 Å². The fraction of sp³-hybridized carbons (Fsp3) is 0.0909. The number of aromatic nitrogens is 1. The minimum absolute atomic E-state index is 0.169. The van der Waals surface area contributed by atoms with Crippen LogP contribution in [0.15, 0.2) is 66.7 Å². The molecule has 0 aliphatic carbocycles. The van der Waals surface area contributed by atoms with Gasteiger partial charge in [0.25, 0.3) is 5.91 Å². The summed E-state index contributed by atoms with van der Waals surface area (Å²) in [5, 5.41) is 3.88. The molecule has 1 N–H and O–H groups in total.